The number of anilines is 1. The van der Waals surface area contributed by atoms with Crippen LogP contribution in [0.4, 0.5) is 5.00 Å². The van der Waals surface area contributed by atoms with E-state index in [9.17, 15) is 4.79 Å². The van der Waals surface area contributed by atoms with E-state index in [4.69, 9.17) is 5.26 Å². The molecule has 6 nitrogen and oxygen atoms in total. The molecule has 132 valence electrons. The molecule has 0 aliphatic heterocycles. The standard InChI is InChI=1S/C17H15N5OS3/c1-3-5-22-15(13-7-11(2)25-9-13)20-21-17(22)26-10-14(23)19-16-12(8-18)4-6-24-16/h3-4,6-7,9H,1,5,10H2,2H3,(H,19,23). The van der Waals surface area contributed by atoms with Gasteiger partial charge in [0.1, 0.15) is 11.1 Å². The van der Waals surface area contributed by atoms with Crippen molar-refractivity contribution in [3.8, 4) is 17.5 Å². The third-order valence-electron chi connectivity index (χ3n) is 3.39. The minimum absolute atomic E-state index is 0.181. The molecule has 1 amide bonds. The zero-order chi connectivity index (χ0) is 18.5. The summed E-state index contributed by atoms with van der Waals surface area (Å²) in [5, 5.41) is 25.3. The summed E-state index contributed by atoms with van der Waals surface area (Å²) in [4.78, 5) is 13.4. The number of hydrogen-bond acceptors (Lipinski definition) is 7. The maximum absolute atomic E-state index is 12.2. The molecule has 26 heavy (non-hydrogen) atoms. The molecule has 0 aliphatic carbocycles. The van der Waals surface area contributed by atoms with Gasteiger partial charge in [-0.25, -0.2) is 0 Å². The van der Waals surface area contributed by atoms with Gasteiger partial charge in [-0.3, -0.25) is 9.36 Å². The summed E-state index contributed by atoms with van der Waals surface area (Å²) in [7, 11) is 0. The number of carbonyl (C=O) groups excluding carboxylic acids is 1. The monoisotopic (exact) mass is 401 g/mol. The van der Waals surface area contributed by atoms with Crippen molar-refractivity contribution in [2.45, 2.75) is 18.6 Å². The van der Waals surface area contributed by atoms with Crippen molar-refractivity contribution >= 4 is 45.3 Å². The highest BCUT2D eigenvalue weighted by Gasteiger charge is 2.16. The fourth-order valence-electron chi connectivity index (χ4n) is 2.25. The van der Waals surface area contributed by atoms with E-state index in [1.807, 2.05) is 16.9 Å². The number of aryl methyl sites for hydroxylation is 1. The smallest absolute Gasteiger partial charge is 0.235 e. The van der Waals surface area contributed by atoms with Crippen molar-refractivity contribution in [3.05, 3.63) is 46.0 Å². The summed E-state index contributed by atoms with van der Waals surface area (Å²) in [5.41, 5.74) is 1.48. The van der Waals surface area contributed by atoms with Crippen LogP contribution in [0.1, 0.15) is 10.4 Å². The van der Waals surface area contributed by atoms with Gasteiger partial charge in [-0.1, -0.05) is 17.8 Å². The Morgan fingerprint density at radius 3 is 3.04 bits per heavy atom. The second-order valence-corrected chi connectivity index (χ2v) is 8.24. The largest absolute Gasteiger partial charge is 0.316 e. The molecule has 0 atom stereocenters. The number of rotatable bonds is 7. The molecular formula is C17H15N5OS3. The maximum atomic E-state index is 12.2. The first kappa shape index (κ1) is 18.4. The summed E-state index contributed by atoms with van der Waals surface area (Å²) in [5.74, 6) is 0.762. The number of nitriles is 1. The lowest BCUT2D eigenvalue weighted by molar-refractivity contribution is -0.113. The van der Waals surface area contributed by atoms with Crippen LogP contribution < -0.4 is 5.32 Å². The Balaban J connectivity index is 1.71. The Morgan fingerprint density at radius 1 is 1.50 bits per heavy atom. The first-order valence-electron chi connectivity index (χ1n) is 7.62. The van der Waals surface area contributed by atoms with Gasteiger partial charge in [-0.15, -0.1) is 39.4 Å². The minimum atomic E-state index is -0.185. The number of thioether (sulfide) groups is 1. The van der Waals surface area contributed by atoms with Crippen LogP contribution in [0.25, 0.3) is 11.4 Å². The number of aromatic nitrogens is 3. The van der Waals surface area contributed by atoms with Gasteiger partial charge in [0.05, 0.1) is 11.3 Å². The Labute approximate surface area is 163 Å². The molecule has 0 fully saturated rings. The van der Waals surface area contributed by atoms with Crippen LogP contribution in [-0.4, -0.2) is 26.4 Å². The molecular weight excluding hydrogens is 386 g/mol. The zero-order valence-corrected chi connectivity index (χ0v) is 16.4. The molecule has 9 heteroatoms. The van der Waals surface area contributed by atoms with E-state index >= 15 is 0 Å². The SMILES string of the molecule is C=CCn1c(SCC(=O)Nc2sccc2C#N)nnc1-c1csc(C)c1. The lowest BCUT2D eigenvalue weighted by atomic mass is 10.3. The van der Waals surface area contributed by atoms with E-state index in [-0.39, 0.29) is 11.7 Å². The predicted molar refractivity (Wildman–Crippen MR) is 107 cm³/mol. The van der Waals surface area contributed by atoms with Gasteiger partial charge in [0.15, 0.2) is 11.0 Å². The topological polar surface area (TPSA) is 83.6 Å². The van der Waals surface area contributed by atoms with E-state index in [0.717, 1.165) is 11.4 Å². The summed E-state index contributed by atoms with van der Waals surface area (Å²) < 4.78 is 1.94. The molecule has 3 rings (SSSR count). The van der Waals surface area contributed by atoms with Crippen molar-refractivity contribution < 1.29 is 4.79 Å². The number of allylic oxidation sites excluding steroid dienone is 1. The number of nitrogens with one attached hydrogen (secondary N) is 1. The second kappa shape index (κ2) is 8.31. The van der Waals surface area contributed by atoms with Gasteiger partial charge < -0.3 is 5.32 Å². The molecule has 0 radical (unpaired) electrons. The molecule has 0 bridgehead atoms. The van der Waals surface area contributed by atoms with E-state index in [1.54, 1.807) is 28.9 Å². The third-order valence-corrected chi connectivity index (χ3v) is 6.05. The number of thiophene rings is 2. The number of hydrogen-bond donors (Lipinski definition) is 1. The average Bonchev–Trinajstić information content (AvgIpc) is 3.33. The Hall–Kier alpha value is -2.41. The van der Waals surface area contributed by atoms with E-state index in [1.165, 1.54) is 28.0 Å². The van der Waals surface area contributed by atoms with Crippen molar-refractivity contribution in [1.29, 1.82) is 5.26 Å². The third kappa shape index (κ3) is 4.04. The zero-order valence-electron chi connectivity index (χ0n) is 13.9. The maximum Gasteiger partial charge on any atom is 0.235 e. The van der Waals surface area contributed by atoms with Crippen molar-refractivity contribution in [2.75, 3.05) is 11.1 Å². The highest BCUT2D eigenvalue weighted by Crippen LogP contribution is 2.28. The van der Waals surface area contributed by atoms with Gasteiger partial charge >= 0.3 is 0 Å². The van der Waals surface area contributed by atoms with Gasteiger partial charge in [0.25, 0.3) is 0 Å². The van der Waals surface area contributed by atoms with Gasteiger partial charge in [0, 0.05) is 22.4 Å². The summed E-state index contributed by atoms with van der Waals surface area (Å²) in [6.07, 6.45) is 1.78. The number of amides is 1. The molecule has 0 aromatic carbocycles. The molecule has 3 aromatic heterocycles. The van der Waals surface area contributed by atoms with Crippen LogP contribution in [0.15, 0.2) is 40.7 Å². The Bertz CT molecular complexity index is 979. The highest BCUT2D eigenvalue weighted by atomic mass is 32.2. The van der Waals surface area contributed by atoms with E-state index in [2.05, 4.69) is 34.2 Å². The molecule has 0 saturated heterocycles. The summed E-state index contributed by atoms with van der Waals surface area (Å²) in [6, 6.07) is 5.81. The van der Waals surface area contributed by atoms with Crippen LogP contribution in [0.5, 0.6) is 0 Å². The summed E-state index contributed by atoms with van der Waals surface area (Å²) in [6.45, 7) is 6.39. The lowest BCUT2D eigenvalue weighted by Crippen LogP contribution is -2.14. The van der Waals surface area contributed by atoms with Crippen LogP contribution >= 0.6 is 34.4 Å². The first-order valence-corrected chi connectivity index (χ1v) is 10.4. The van der Waals surface area contributed by atoms with Crippen LogP contribution in [-0.2, 0) is 11.3 Å². The summed E-state index contributed by atoms with van der Waals surface area (Å²) >= 11 is 4.29. The molecule has 3 aromatic rings. The number of carbonyl (C=O) groups is 1. The average molecular weight is 402 g/mol. The van der Waals surface area contributed by atoms with Crippen molar-refractivity contribution in [1.82, 2.24) is 14.8 Å². The molecule has 0 unspecified atom stereocenters. The Morgan fingerprint density at radius 2 is 2.35 bits per heavy atom. The van der Waals surface area contributed by atoms with Gasteiger partial charge in [-0.2, -0.15) is 5.26 Å². The van der Waals surface area contributed by atoms with Crippen molar-refractivity contribution in [3.63, 3.8) is 0 Å². The van der Waals surface area contributed by atoms with Gasteiger partial charge in [0.2, 0.25) is 5.91 Å². The van der Waals surface area contributed by atoms with E-state index < -0.39 is 0 Å². The second-order valence-electron chi connectivity index (χ2n) is 5.26. The minimum Gasteiger partial charge on any atom is -0.316 e. The molecule has 0 spiro atoms. The van der Waals surface area contributed by atoms with Crippen LogP contribution in [0.2, 0.25) is 0 Å². The fourth-order valence-corrected chi connectivity index (χ4v) is 4.43. The Kier molecular flexibility index (Phi) is 5.88. The van der Waals surface area contributed by atoms with Crippen LogP contribution in [0, 0.1) is 18.3 Å². The molecule has 0 aliphatic rings. The fraction of sp³-hybridized carbons (Fsp3) is 0.176. The molecule has 3 heterocycles. The predicted octanol–water partition coefficient (Wildman–Crippen LogP) is 4.17. The molecule has 0 saturated carbocycles. The van der Waals surface area contributed by atoms with Crippen molar-refractivity contribution in [2.24, 2.45) is 0 Å². The van der Waals surface area contributed by atoms with E-state index in [0.29, 0.717) is 22.3 Å². The number of nitrogens with zero attached hydrogens (tertiary/aromatic N) is 4. The highest BCUT2D eigenvalue weighted by molar-refractivity contribution is 7.99. The van der Waals surface area contributed by atoms with Crippen LogP contribution in [0.3, 0.4) is 0 Å². The normalized spacial score (nSPS) is 10.5. The quantitative estimate of drug-likeness (QED) is 0.475. The molecule has 1 N–H and O–H groups in total. The lowest BCUT2D eigenvalue weighted by Gasteiger charge is -2.07. The first-order chi connectivity index (χ1) is 12.6. The van der Waals surface area contributed by atoms with Gasteiger partial charge in [-0.05, 0) is 24.4 Å².